The van der Waals surface area contributed by atoms with Crippen LogP contribution in [0.4, 0.5) is 0 Å². The van der Waals surface area contributed by atoms with Crippen molar-refractivity contribution >= 4 is 11.6 Å². The number of phenolic OH excluding ortho intramolecular Hbond substituents is 1. The highest BCUT2D eigenvalue weighted by molar-refractivity contribution is 6.30. The minimum Gasteiger partial charge on any atom is -0.507 e. The molecule has 1 aromatic rings. The van der Waals surface area contributed by atoms with E-state index in [9.17, 15) is 5.11 Å². The SMILES string of the molecule is CC(N)Cc1cc(Cl)cc(C(C)(C)C)c1O. The van der Waals surface area contributed by atoms with Crippen molar-refractivity contribution in [1.29, 1.82) is 0 Å². The van der Waals surface area contributed by atoms with Crippen molar-refractivity contribution in [3.05, 3.63) is 28.3 Å². The molecule has 1 aromatic carbocycles. The van der Waals surface area contributed by atoms with Crippen molar-refractivity contribution in [1.82, 2.24) is 0 Å². The van der Waals surface area contributed by atoms with E-state index in [4.69, 9.17) is 17.3 Å². The maximum absolute atomic E-state index is 10.2. The molecule has 0 aromatic heterocycles. The van der Waals surface area contributed by atoms with E-state index in [0.717, 1.165) is 11.1 Å². The number of phenols is 1. The van der Waals surface area contributed by atoms with Crippen LogP contribution < -0.4 is 5.73 Å². The first-order chi connectivity index (χ1) is 7.21. The smallest absolute Gasteiger partial charge is 0.122 e. The van der Waals surface area contributed by atoms with Crippen molar-refractivity contribution in [2.24, 2.45) is 5.73 Å². The number of hydrogen-bond acceptors (Lipinski definition) is 2. The van der Waals surface area contributed by atoms with E-state index >= 15 is 0 Å². The first-order valence-corrected chi connectivity index (χ1v) is 5.87. The first kappa shape index (κ1) is 13.3. The van der Waals surface area contributed by atoms with Gasteiger partial charge in [-0.3, -0.25) is 0 Å². The fourth-order valence-corrected chi connectivity index (χ4v) is 1.97. The summed E-state index contributed by atoms with van der Waals surface area (Å²) < 4.78 is 0. The summed E-state index contributed by atoms with van der Waals surface area (Å²) in [6, 6.07) is 3.62. The number of rotatable bonds is 2. The van der Waals surface area contributed by atoms with E-state index < -0.39 is 0 Å². The molecule has 0 spiro atoms. The van der Waals surface area contributed by atoms with Crippen LogP contribution >= 0.6 is 11.6 Å². The molecule has 0 fully saturated rings. The summed E-state index contributed by atoms with van der Waals surface area (Å²) in [4.78, 5) is 0. The van der Waals surface area contributed by atoms with E-state index in [2.05, 4.69) is 0 Å². The average Bonchev–Trinajstić information content (AvgIpc) is 2.07. The molecule has 0 amide bonds. The van der Waals surface area contributed by atoms with E-state index in [-0.39, 0.29) is 11.5 Å². The second-order valence-electron chi connectivity index (χ2n) is 5.39. The summed E-state index contributed by atoms with van der Waals surface area (Å²) >= 11 is 6.06. The Morgan fingerprint density at radius 3 is 2.38 bits per heavy atom. The fraction of sp³-hybridized carbons (Fsp3) is 0.538. The normalized spacial score (nSPS) is 13.9. The molecule has 0 saturated heterocycles. The van der Waals surface area contributed by atoms with Crippen LogP contribution in [0.2, 0.25) is 5.02 Å². The number of halogens is 1. The van der Waals surface area contributed by atoms with E-state index in [1.807, 2.05) is 33.8 Å². The Labute approximate surface area is 102 Å². The fourth-order valence-electron chi connectivity index (χ4n) is 1.73. The number of aromatic hydroxyl groups is 1. The summed E-state index contributed by atoms with van der Waals surface area (Å²) in [5.74, 6) is 0.328. The Morgan fingerprint density at radius 1 is 1.38 bits per heavy atom. The molecule has 1 unspecified atom stereocenters. The Bertz CT molecular complexity index is 380. The molecular formula is C13H20ClNO. The zero-order valence-corrected chi connectivity index (χ0v) is 11.1. The third kappa shape index (κ3) is 3.13. The van der Waals surface area contributed by atoms with E-state index in [1.54, 1.807) is 6.07 Å². The van der Waals surface area contributed by atoms with Gasteiger partial charge in [0.05, 0.1) is 0 Å². The van der Waals surface area contributed by atoms with Crippen molar-refractivity contribution in [2.45, 2.75) is 45.6 Å². The molecule has 3 N–H and O–H groups in total. The highest BCUT2D eigenvalue weighted by Crippen LogP contribution is 2.36. The van der Waals surface area contributed by atoms with Gasteiger partial charge in [0.2, 0.25) is 0 Å². The Morgan fingerprint density at radius 2 is 1.94 bits per heavy atom. The van der Waals surface area contributed by atoms with Gasteiger partial charge in [0.1, 0.15) is 5.75 Å². The molecule has 0 heterocycles. The molecule has 2 nitrogen and oxygen atoms in total. The number of nitrogens with two attached hydrogens (primary N) is 1. The molecule has 0 radical (unpaired) electrons. The molecule has 0 aliphatic carbocycles. The summed E-state index contributed by atoms with van der Waals surface area (Å²) in [7, 11) is 0. The highest BCUT2D eigenvalue weighted by atomic mass is 35.5. The molecular weight excluding hydrogens is 222 g/mol. The van der Waals surface area contributed by atoms with Gasteiger partial charge in [0, 0.05) is 16.6 Å². The molecule has 0 saturated carbocycles. The van der Waals surface area contributed by atoms with Crippen molar-refractivity contribution in [2.75, 3.05) is 0 Å². The molecule has 1 rings (SSSR count). The van der Waals surface area contributed by atoms with Crippen molar-refractivity contribution in [3.63, 3.8) is 0 Å². The lowest BCUT2D eigenvalue weighted by Crippen LogP contribution is -2.19. The lowest BCUT2D eigenvalue weighted by atomic mass is 9.84. The molecule has 0 aliphatic rings. The van der Waals surface area contributed by atoms with Gasteiger partial charge in [-0.15, -0.1) is 0 Å². The lowest BCUT2D eigenvalue weighted by molar-refractivity contribution is 0.438. The van der Waals surface area contributed by atoms with Crippen LogP contribution in [0.25, 0.3) is 0 Å². The zero-order chi connectivity index (χ0) is 12.5. The summed E-state index contributed by atoms with van der Waals surface area (Å²) in [6.07, 6.45) is 0.634. The van der Waals surface area contributed by atoms with Crippen LogP contribution in [0.1, 0.15) is 38.8 Å². The first-order valence-electron chi connectivity index (χ1n) is 5.49. The van der Waals surface area contributed by atoms with E-state index in [0.29, 0.717) is 17.2 Å². The summed E-state index contributed by atoms with van der Waals surface area (Å²) in [6.45, 7) is 8.06. The Hall–Kier alpha value is -0.730. The predicted molar refractivity (Wildman–Crippen MR) is 69.2 cm³/mol. The molecule has 16 heavy (non-hydrogen) atoms. The van der Waals surface area contributed by atoms with Gasteiger partial charge >= 0.3 is 0 Å². The minimum absolute atomic E-state index is 0.0113. The Kier molecular flexibility index (Phi) is 3.87. The van der Waals surface area contributed by atoms with Gasteiger partial charge in [0.15, 0.2) is 0 Å². The maximum Gasteiger partial charge on any atom is 0.122 e. The summed E-state index contributed by atoms with van der Waals surface area (Å²) in [5.41, 5.74) is 7.32. The third-order valence-corrected chi connectivity index (χ3v) is 2.72. The molecule has 3 heteroatoms. The quantitative estimate of drug-likeness (QED) is 0.835. The second kappa shape index (κ2) is 4.64. The van der Waals surface area contributed by atoms with Gasteiger partial charge in [-0.05, 0) is 36.5 Å². The van der Waals surface area contributed by atoms with Crippen LogP contribution in [-0.4, -0.2) is 11.1 Å². The van der Waals surface area contributed by atoms with Crippen LogP contribution in [0, 0.1) is 0 Å². The maximum atomic E-state index is 10.2. The monoisotopic (exact) mass is 241 g/mol. The largest absolute Gasteiger partial charge is 0.507 e. The van der Waals surface area contributed by atoms with Crippen LogP contribution in [0.5, 0.6) is 5.75 Å². The van der Waals surface area contributed by atoms with Gasteiger partial charge in [0.25, 0.3) is 0 Å². The molecule has 0 aliphatic heterocycles. The predicted octanol–water partition coefficient (Wildman–Crippen LogP) is 3.23. The van der Waals surface area contributed by atoms with Gasteiger partial charge in [-0.2, -0.15) is 0 Å². The van der Waals surface area contributed by atoms with Crippen molar-refractivity contribution < 1.29 is 5.11 Å². The second-order valence-corrected chi connectivity index (χ2v) is 5.83. The Balaban J connectivity index is 3.26. The number of benzene rings is 1. The van der Waals surface area contributed by atoms with Gasteiger partial charge in [-0.1, -0.05) is 32.4 Å². The third-order valence-electron chi connectivity index (χ3n) is 2.50. The van der Waals surface area contributed by atoms with Gasteiger partial charge in [-0.25, -0.2) is 0 Å². The topological polar surface area (TPSA) is 46.2 Å². The lowest BCUT2D eigenvalue weighted by Gasteiger charge is -2.23. The van der Waals surface area contributed by atoms with E-state index in [1.165, 1.54) is 0 Å². The van der Waals surface area contributed by atoms with Crippen molar-refractivity contribution in [3.8, 4) is 5.75 Å². The average molecular weight is 242 g/mol. The van der Waals surface area contributed by atoms with Crippen LogP contribution in [0.3, 0.4) is 0 Å². The molecule has 0 bridgehead atoms. The zero-order valence-electron chi connectivity index (χ0n) is 10.3. The number of hydrogen-bond donors (Lipinski definition) is 2. The molecule has 1 atom stereocenters. The van der Waals surface area contributed by atoms with Crippen LogP contribution in [-0.2, 0) is 11.8 Å². The highest BCUT2D eigenvalue weighted by Gasteiger charge is 2.21. The summed E-state index contributed by atoms with van der Waals surface area (Å²) in [5, 5.41) is 10.8. The standard InChI is InChI=1S/C13H20ClNO/c1-8(15)5-9-6-10(14)7-11(12(9)16)13(2,3)4/h6-8,16H,5,15H2,1-4H3. The van der Waals surface area contributed by atoms with Gasteiger partial charge < -0.3 is 10.8 Å². The molecule has 90 valence electrons. The minimum atomic E-state index is -0.123. The van der Waals surface area contributed by atoms with Crippen LogP contribution in [0.15, 0.2) is 12.1 Å².